The van der Waals surface area contributed by atoms with Crippen molar-refractivity contribution in [3.05, 3.63) is 6.20 Å². The van der Waals surface area contributed by atoms with E-state index in [2.05, 4.69) is 4.98 Å². The zero-order chi connectivity index (χ0) is 18.2. The average Bonchev–Trinajstić information content (AvgIpc) is 2.95. The van der Waals surface area contributed by atoms with E-state index in [4.69, 9.17) is 4.74 Å². The highest BCUT2D eigenvalue weighted by Gasteiger charge is 2.76. The normalized spacial score (nSPS) is 17.0. The van der Waals surface area contributed by atoms with Gasteiger partial charge in [0.2, 0.25) is 0 Å². The molecule has 1 aliphatic heterocycles. The van der Waals surface area contributed by atoms with Crippen molar-refractivity contribution in [3.63, 3.8) is 0 Å². The molecule has 1 aromatic rings. The van der Waals surface area contributed by atoms with Crippen LogP contribution in [0.4, 0.5) is 40.9 Å². The van der Waals surface area contributed by atoms with Crippen molar-refractivity contribution in [2.45, 2.75) is 18.0 Å². The smallest absolute Gasteiger partial charge is 0.378 e. The Bertz CT molecular complexity index is 599. The quantitative estimate of drug-likeness (QED) is 0.815. The molecule has 136 valence electrons. The molecule has 1 N–H and O–H groups in total. The van der Waals surface area contributed by atoms with Crippen LogP contribution in [0.15, 0.2) is 6.20 Å². The van der Waals surface area contributed by atoms with Gasteiger partial charge in [-0.3, -0.25) is 10.1 Å². The van der Waals surface area contributed by atoms with E-state index < -0.39 is 29.1 Å². The van der Waals surface area contributed by atoms with Gasteiger partial charge in [0.1, 0.15) is 5.00 Å². The monoisotopic (exact) mass is 381 g/mol. The van der Waals surface area contributed by atoms with E-state index >= 15 is 0 Å². The third-order valence-corrected chi connectivity index (χ3v) is 4.05. The first-order valence-corrected chi connectivity index (χ1v) is 7.21. The Balaban J connectivity index is 2.10. The van der Waals surface area contributed by atoms with Gasteiger partial charge in [-0.05, 0) is 0 Å². The highest BCUT2D eigenvalue weighted by atomic mass is 32.1. The standard InChI is InChI=1S/C11H10F7N3O2S/c12-9(13,10(14,15)11(16,17)18)7(22)20-8-19-5-6(24-8)21-1-3-23-4-2-21/h5H,1-4H2,(H,19,20,22). The molecule has 1 saturated heterocycles. The topological polar surface area (TPSA) is 54.5 Å². The second-order valence-corrected chi connectivity index (χ2v) is 5.71. The molecule has 1 amide bonds. The highest BCUT2D eigenvalue weighted by molar-refractivity contribution is 7.19. The largest absolute Gasteiger partial charge is 0.460 e. The summed E-state index contributed by atoms with van der Waals surface area (Å²) in [6.07, 6.45) is -5.39. The predicted octanol–water partition coefficient (Wildman–Crippen LogP) is 2.75. The zero-order valence-electron chi connectivity index (χ0n) is 11.7. The lowest BCUT2D eigenvalue weighted by Gasteiger charge is -2.27. The number of nitrogens with zero attached hydrogens (tertiary/aromatic N) is 2. The molecular weight excluding hydrogens is 371 g/mol. The van der Waals surface area contributed by atoms with Crippen molar-refractivity contribution < 1.29 is 40.3 Å². The zero-order valence-corrected chi connectivity index (χ0v) is 12.5. The van der Waals surface area contributed by atoms with Crippen molar-refractivity contribution in [2.24, 2.45) is 0 Å². The van der Waals surface area contributed by atoms with Gasteiger partial charge in [0.15, 0.2) is 5.13 Å². The maximum atomic E-state index is 13.2. The van der Waals surface area contributed by atoms with E-state index in [-0.39, 0.29) is 0 Å². The number of ether oxygens (including phenoxy) is 1. The molecule has 2 rings (SSSR count). The lowest BCUT2D eigenvalue weighted by molar-refractivity contribution is -0.343. The number of hydrogen-bond donors (Lipinski definition) is 1. The maximum Gasteiger partial charge on any atom is 0.460 e. The Morgan fingerprint density at radius 3 is 2.29 bits per heavy atom. The van der Waals surface area contributed by atoms with Gasteiger partial charge in [-0.15, -0.1) is 0 Å². The summed E-state index contributed by atoms with van der Waals surface area (Å²) >= 11 is 0.670. The Labute approximate surface area is 134 Å². The number of nitrogens with one attached hydrogen (secondary N) is 1. The number of carbonyl (C=O) groups excluding carboxylic acids is 1. The summed E-state index contributed by atoms with van der Waals surface area (Å²) in [5, 5.41) is 1.22. The van der Waals surface area contributed by atoms with E-state index in [1.54, 1.807) is 4.90 Å². The third kappa shape index (κ3) is 3.41. The van der Waals surface area contributed by atoms with Gasteiger partial charge in [0, 0.05) is 13.1 Å². The first kappa shape index (κ1) is 18.7. The highest BCUT2D eigenvalue weighted by Crippen LogP contribution is 2.47. The molecule has 1 fully saturated rings. The van der Waals surface area contributed by atoms with Crippen LogP contribution in [-0.4, -0.2) is 55.2 Å². The number of amides is 1. The number of rotatable bonds is 4. The van der Waals surface area contributed by atoms with Crippen molar-refractivity contribution in [1.82, 2.24) is 4.98 Å². The van der Waals surface area contributed by atoms with Crippen LogP contribution in [0.5, 0.6) is 0 Å². The number of thiazole rings is 1. The molecule has 13 heteroatoms. The first-order chi connectivity index (χ1) is 11.0. The molecule has 1 aliphatic rings. The molecule has 0 unspecified atom stereocenters. The third-order valence-electron chi connectivity index (χ3n) is 3.07. The van der Waals surface area contributed by atoms with Gasteiger partial charge in [-0.25, -0.2) is 4.98 Å². The van der Waals surface area contributed by atoms with Crippen LogP contribution >= 0.6 is 11.3 Å². The summed E-state index contributed by atoms with van der Waals surface area (Å²) in [5.41, 5.74) is 0. The van der Waals surface area contributed by atoms with Gasteiger partial charge in [0.05, 0.1) is 19.4 Å². The van der Waals surface area contributed by atoms with E-state index in [1.807, 2.05) is 0 Å². The number of hydrogen-bond acceptors (Lipinski definition) is 5. The van der Waals surface area contributed by atoms with Crippen molar-refractivity contribution in [2.75, 3.05) is 36.5 Å². The SMILES string of the molecule is O=C(Nc1ncc(N2CCOCC2)s1)C(F)(F)C(F)(F)C(F)(F)F. The molecule has 0 aromatic carbocycles. The van der Waals surface area contributed by atoms with Gasteiger partial charge in [0.25, 0.3) is 0 Å². The summed E-state index contributed by atoms with van der Waals surface area (Å²) in [5.74, 6) is -15.3. The van der Waals surface area contributed by atoms with Crippen molar-refractivity contribution >= 4 is 27.4 Å². The van der Waals surface area contributed by atoms with Crippen LogP contribution < -0.4 is 10.2 Å². The average molecular weight is 381 g/mol. The number of anilines is 2. The second-order valence-electron chi connectivity index (χ2n) is 4.70. The molecule has 0 saturated carbocycles. The molecule has 24 heavy (non-hydrogen) atoms. The summed E-state index contributed by atoms with van der Waals surface area (Å²) in [4.78, 5) is 16.5. The Morgan fingerprint density at radius 2 is 1.75 bits per heavy atom. The lowest BCUT2D eigenvalue weighted by atomic mass is 10.1. The molecule has 0 atom stereocenters. The molecule has 0 aliphatic carbocycles. The number of morpholine rings is 1. The van der Waals surface area contributed by atoms with E-state index in [9.17, 15) is 35.5 Å². The fourth-order valence-corrected chi connectivity index (χ4v) is 2.61. The summed E-state index contributed by atoms with van der Waals surface area (Å²) in [7, 11) is 0. The van der Waals surface area contributed by atoms with Gasteiger partial charge < -0.3 is 9.64 Å². The molecule has 0 bridgehead atoms. The van der Waals surface area contributed by atoms with Gasteiger partial charge >= 0.3 is 23.9 Å². The Kier molecular flexibility index (Phi) is 4.95. The van der Waals surface area contributed by atoms with Gasteiger partial charge in [-0.2, -0.15) is 30.7 Å². The van der Waals surface area contributed by atoms with Crippen LogP contribution in [0, 0.1) is 0 Å². The molecular formula is C11H10F7N3O2S. The first-order valence-electron chi connectivity index (χ1n) is 6.39. The second kappa shape index (κ2) is 6.35. The minimum Gasteiger partial charge on any atom is -0.378 e. The summed E-state index contributed by atoms with van der Waals surface area (Å²) < 4.78 is 93.2. The Hall–Kier alpha value is -1.63. The lowest BCUT2D eigenvalue weighted by Crippen LogP contribution is -2.57. The van der Waals surface area contributed by atoms with E-state index in [0.717, 1.165) is 0 Å². The van der Waals surface area contributed by atoms with Crippen LogP contribution in [0.3, 0.4) is 0 Å². The van der Waals surface area contributed by atoms with Crippen molar-refractivity contribution in [1.29, 1.82) is 0 Å². The van der Waals surface area contributed by atoms with Crippen molar-refractivity contribution in [3.8, 4) is 0 Å². The maximum absolute atomic E-state index is 13.2. The number of carbonyl (C=O) groups is 1. The molecule has 5 nitrogen and oxygen atoms in total. The Morgan fingerprint density at radius 1 is 1.17 bits per heavy atom. The number of halogens is 7. The van der Waals surface area contributed by atoms with Crippen LogP contribution in [0.25, 0.3) is 0 Å². The summed E-state index contributed by atoms with van der Waals surface area (Å²) in [6, 6.07) is 0. The van der Waals surface area contributed by atoms with Crippen LogP contribution in [-0.2, 0) is 9.53 Å². The van der Waals surface area contributed by atoms with Gasteiger partial charge in [-0.1, -0.05) is 11.3 Å². The molecule has 0 radical (unpaired) electrons. The van der Waals surface area contributed by atoms with E-state index in [0.29, 0.717) is 42.6 Å². The minimum absolute atomic E-state index is 0.398. The fraction of sp³-hybridized carbons (Fsp3) is 0.636. The minimum atomic E-state index is -6.57. The van der Waals surface area contributed by atoms with E-state index in [1.165, 1.54) is 11.5 Å². The predicted molar refractivity (Wildman–Crippen MR) is 69.7 cm³/mol. The number of alkyl halides is 7. The summed E-state index contributed by atoms with van der Waals surface area (Å²) in [6.45, 7) is 1.71. The van der Waals surface area contributed by atoms with Crippen LogP contribution in [0.1, 0.15) is 0 Å². The number of aromatic nitrogens is 1. The molecule has 0 spiro atoms. The molecule has 1 aromatic heterocycles. The fourth-order valence-electron chi connectivity index (χ4n) is 1.75. The van der Waals surface area contributed by atoms with Crippen LogP contribution in [0.2, 0.25) is 0 Å². The molecule has 2 heterocycles.